The Labute approximate surface area is 101 Å². The third-order valence-electron chi connectivity index (χ3n) is 1.97. The number of hydrogen-bond acceptors (Lipinski definition) is 5. The highest BCUT2D eigenvalue weighted by molar-refractivity contribution is 8.00. The lowest BCUT2D eigenvalue weighted by Gasteiger charge is -2.01. The number of nitrogens with one attached hydrogen (secondary N) is 1. The fourth-order valence-corrected chi connectivity index (χ4v) is 2.60. The van der Waals surface area contributed by atoms with Crippen molar-refractivity contribution in [2.24, 2.45) is 5.73 Å². The van der Waals surface area contributed by atoms with Crippen LogP contribution in [0.2, 0.25) is 0 Å². The molecule has 0 radical (unpaired) electrons. The van der Waals surface area contributed by atoms with Crippen LogP contribution in [0.1, 0.15) is 11.1 Å². The predicted molar refractivity (Wildman–Crippen MR) is 66.9 cm³/mol. The molecule has 1 heterocycles. The molecule has 0 saturated carbocycles. The summed E-state index contributed by atoms with van der Waals surface area (Å²) in [4.78, 5) is 0. The summed E-state index contributed by atoms with van der Waals surface area (Å²) in [6.07, 6.45) is 0. The Hall–Kier alpha value is -1.40. The molecule has 0 saturated heterocycles. The first kappa shape index (κ1) is 11.1. The summed E-state index contributed by atoms with van der Waals surface area (Å²) in [6, 6.07) is 7.67. The molecule has 1 aromatic carbocycles. The van der Waals surface area contributed by atoms with Crippen LogP contribution in [0.4, 0.5) is 0 Å². The summed E-state index contributed by atoms with van der Waals surface area (Å²) in [5.41, 5.74) is 9.04. The number of thioether (sulfide) groups is 1. The summed E-state index contributed by atoms with van der Waals surface area (Å²) < 4.78 is 0.968. The number of rotatable bonds is 4. The van der Waals surface area contributed by atoms with Crippen LogP contribution in [0.5, 0.6) is 0 Å². The lowest BCUT2D eigenvalue weighted by Crippen LogP contribution is -2.10. The van der Waals surface area contributed by atoms with Gasteiger partial charge in [-0.2, -0.15) is 0 Å². The van der Waals surface area contributed by atoms with Gasteiger partial charge in [0.2, 0.25) is 0 Å². The quantitative estimate of drug-likeness (QED) is 0.495. The minimum absolute atomic E-state index is 0.100. The van der Waals surface area contributed by atoms with Gasteiger partial charge < -0.3 is 5.73 Å². The molecule has 0 bridgehead atoms. The highest BCUT2D eigenvalue weighted by Crippen LogP contribution is 2.23. The Morgan fingerprint density at radius 1 is 1.38 bits per heavy atom. The van der Waals surface area contributed by atoms with E-state index in [1.807, 2.05) is 24.3 Å². The maximum absolute atomic E-state index is 7.28. The van der Waals surface area contributed by atoms with Gasteiger partial charge in [0.15, 0.2) is 4.34 Å². The standard InChI is InChI=1S/C10H10N4S2/c11-9(12)8-3-1-7(2-4-8)5-15-10-14-13-6-16-10/h1-4,6H,5H2,(H3,11,12). The van der Waals surface area contributed by atoms with Crippen molar-refractivity contribution in [1.29, 1.82) is 5.41 Å². The molecule has 16 heavy (non-hydrogen) atoms. The van der Waals surface area contributed by atoms with Gasteiger partial charge in [-0.15, -0.1) is 10.2 Å². The number of aromatic nitrogens is 2. The molecule has 1 aromatic heterocycles. The van der Waals surface area contributed by atoms with E-state index in [1.54, 1.807) is 17.3 Å². The minimum atomic E-state index is 0.100. The Bertz CT molecular complexity index is 464. The predicted octanol–water partition coefficient (Wildman–Crippen LogP) is 2.11. The van der Waals surface area contributed by atoms with Crippen molar-refractivity contribution in [2.45, 2.75) is 10.1 Å². The van der Waals surface area contributed by atoms with Gasteiger partial charge in [0, 0.05) is 11.3 Å². The van der Waals surface area contributed by atoms with Crippen LogP contribution < -0.4 is 5.73 Å². The van der Waals surface area contributed by atoms with Crippen LogP contribution in [0.25, 0.3) is 0 Å². The van der Waals surface area contributed by atoms with Crippen molar-refractivity contribution in [3.8, 4) is 0 Å². The van der Waals surface area contributed by atoms with Crippen LogP contribution in [-0.2, 0) is 5.75 Å². The lowest BCUT2D eigenvalue weighted by molar-refractivity contribution is 1.01. The molecule has 0 atom stereocenters. The van der Waals surface area contributed by atoms with Crippen LogP contribution >= 0.6 is 23.1 Å². The highest BCUT2D eigenvalue weighted by Gasteiger charge is 2.00. The molecule has 4 nitrogen and oxygen atoms in total. The summed E-state index contributed by atoms with van der Waals surface area (Å²) in [5.74, 6) is 0.955. The van der Waals surface area contributed by atoms with Gasteiger partial charge >= 0.3 is 0 Å². The zero-order valence-corrected chi connectivity index (χ0v) is 10.0. The molecular formula is C10H10N4S2. The first-order valence-corrected chi connectivity index (χ1v) is 6.44. The van der Waals surface area contributed by atoms with Crippen molar-refractivity contribution < 1.29 is 0 Å². The number of nitrogen functional groups attached to an aromatic ring is 1. The lowest BCUT2D eigenvalue weighted by atomic mass is 10.1. The molecule has 3 N–H and O–H groups in total. The molecule has 82 valence electrons. The van der Waals surface area contributed by atoms with E-state index in [2.05, 4.69) is 10.2 Å². The Kier molecular flexibility index (Phi) is 3.53. The largest absolute Gasteiger partial charge is 0.384 e. The van der Waals surface area contributed by atoms with E-state index in [0.29, 0.717) is 0 Å². The van der Waals surface area contributed by atoms with Crippen LogP contribution in [-0.4, -0.2) is 16.0 Å². The molecule has 0 aliphatic heterocycles. The van der Waals surface area contributed by atoms with E-state index >= 15 is 0 Å². The van der Waals surface area contributed by atoms with E-state index in [-0.39, 0.29) is 5.84 Å². The van der Waals surface area contributed by atoms with Gasteiger partial charge in [0.1, 0.15) is 11.3 Å². The highest BCUT2D eigenvalue weighted by atomic mass is 32.2. The van der Waals surface area contributed by atoms with E-state index in [4.69, 9.17) is 11.1 Å². The second kappa shape index (κ2) is 5.09. The van der Waals surface area contributed by atoms with Gasteiger partial charge in [-0.3, -0.25) is 5.41 Å². The number of hydrogen-bond donors (Lipinski definition) is 2. The first-order valence-electron chi connectivity index (χ1n) is 4.58. The summed E-state index contributed by atoms with van der Waals surface area (Å²) in [7, 11) is 0. The second-order valence-corrected chi connectivity index (χ2v) is 5.16. The molecule has 2 aromatic rings. The van der Waals surface area contributed by atoms with E-state index in [9.17, 15) is 0 Å². The summed E-state index contributed by atoms with van der Waals surface area (Å²) in [6.45, 7) is 0. The van der Waals surface area contributed by atoms with E-state index in [0.717, 1.165) is 15.7 Å². The monoisotopic (exact) mass is 250 g/mol. The number of nitrogens with zero attached hydrogens (tertiary/aromatic N) is 2. The Morgan fingerprint density at radius 3 is 2.69 bits per heavy atom. The molecule has 6 heteroatoms. The fraction of sp³-hybridized carbons (Fsp3) is 0.100. The van der Waals surface area contributed by atoms with Crippen molar-refractivity contribution >= 4 is 28.9 Å². The molecule has 2 rings (SSSR count). The first-order chi connectivity index (χ1) is 7.75. The number of benzene rings is 1. The average Bonchev–Trinajstić information content (AvgIpc) is 2.80. The fourth-order valence-electron chi connectivity index (χ4n) is 1.15. The van der Waals surface area contributed by atoms with Crippen LogP contribution in [0.3, 0.4) is 0 Å². The van der Waals surface area contributed by atoms with Crippen LogP contribution in [0.15, 0.2) is 34.1 Å². The molecule has 0 fully saturated rings. The van der Waals surface area contributed by atoms with Gasteiger partial charge in [0.05, 0.1) is 0 Å². The van der Waals surface area contributed by atoms with Crippen LogP contribution in [0, 0.1) is 5.41 Å². The van der Waals surface area contributed by atoms with E-state index < -0.39 is 0 Å². The number of amidine groups is 1. The maximum atomic E-state index is 7.28. The third kappa shape index (κ3) is 2.80. The summed E-state index contributed by atoms with van der Waals surface area (Å²) in [5, 5.41) is 15.0. The van der Waals surface area contributed by atoms with Crippen molar-refractivity contribution in [3.63, 3.8) is 0 Å². The molecular weight excluding hydrogens is 240 g/mol. The molecule has 0 spiro atoms. The zero-order chi connectivity index (χ0) is 11.4. The van der Waals surface area contributed by atoms with Crippen molar-refractivity contribution in [3.05, 3.63) is 40.9 Å². The summed E-state index contributed by atoms with van der Waals surface area (Å²) >= 11 is 3.19. The Balaban J connectivity index is 1.98. The maximum Gasteiger partial charge on any atom is 0.174 e. The second-order valence-electron chi connectivity index (χ2n) is 3.10. The van der Waals surface area contributed by atoms with Gasteiger partial charge in [-0.05, 0) is 5.56 Å². The van der Waals surface area contributed by atoms with E-state index in [1.165, 1.54) is 16.9 Å². The normalized spacial score (nSPS) is 10.2. The molecule has 0 unspecified atom stereocenters. The smallest absolute Gasteiger partial charge is 0.174 e. The van der Waals surface area contributed by atoms with Crippen molar-refractivity contribution in [2.75, 3.05) is 0 Å². The molecule has 0 aliphatic carbocycles. The van der Waals surface area contributed by atoms with Gasteiger partial charge in [-0.1, -0.05) is 47.4 Å². The average molecular weight is 250 g/mol. The minimum Gasteiger partial charge on any atom is -0.384 e. The zero-order valence-electron chi connectivity index (χ0n) is 8.38. The van der Waals surface area contributed by atoms with Gasteiger partial charge in [-0.25, -0.2) is 0 Å². The topological polar surface area (TPSA) is 75.7 Å². The number of nitrogens with two attached hydrogens (primary N) is 1. The van der Waals surface area contributed by atoms with Crippen molar-refractivity contribution in [1.82, 2.24) is 10.2 Å². The molecule has 0 aliphatic rings. The Morgan fingerprint density at radius 2 is 2.12 bits per heavy atom. The third-order valence-corrected chi connectivity index (χ3v) is 3.90. The van der Waals surface area contributed by atoms with Gasteiger partial charge in [0.25, 0.3) is 0 Å². The molecule has 0 amide bonds. The SMILES string of the molecule is N=C(N)c1ccc(CSc2nncs2)cc1.